The highest BCUT2D eigenvalue weighted by atomic mass is 32.1. The fraction of sp³-hybridized carbons (Fsp3) is 0.692. The second-order valence-corrected chi connectivity index (χ2v) is 5.92. The van der Waals surface area contributed by atoms with E-state index in [9.17, 15) is 0 Å². The minimum Gasteiger partial charge on any atom is -0.248 e. The average molecular weight is 236 g/mol. The first-order valence-corrected chi connectivity index (χ1v) is 7.39. The minimum atomic E-state index is 0.591. The molecule has 3 heteroatoms. The van der Waals surface area contributed by atoms with E-state index in [4.69, 9.17) is 0 Å². The van der Waals surface area contributed by atoms with E-state index in [0.29, 0.717) is 6.04 Å². The number of aryl methyl sites for hydroxylation is 1. The highest BCUT2D eigenvalue weighted by Crippen LogP contribution is 2.33. The van der Waals surface area contributed by atoms with E-state index < -0.39 is 0 Å². The number of thiophene rings is 1. The summed E-state index contributed by atoms with van der Waals surface area (Å²) >= 11 is 1.93. The summed E-state index contributed by atoms with van der Waals surface area (Å²) in [6, 6.07) is 2.91. The van der Waals surface area contributed by atoms with Gasteiger partial charge in [-0.1, -0.05) is 6.42 Å². The molecule has 1 aromatic heterocycles. The molecular weight excluding hydrogens is 216 g/mol. The van der Waals surface area contributed by atoms with Crippen LogP contribution in [0.25, 0.3) is 0 Å². The molecule has 1 N–H and O–H groups in total. The van der Waals surface area contributed by atoms with Crippen molar-refractivity contribution in [2.24, 2.45) is 0 Å². The third-order valence-corrected chi connectivity index (χ3v) is 4.74. The quantitative estimate of drug-likeness (QED) is 0.849. The lowest BCUT2D eigenvalue weighted by atomic mass is 9.94. The zero-order chi connectivity index (χ0) is 10.8. The minimum absolute atomic E-state index is 0.591. The molecule has 2 nitrogen and oxygen atoms in total. The molecule has 1 aliphatic carbocycles. The Morgan fingerprint density at radius 2 is 2.06 bits per heavy atom. The molecule has 2 aliphatic rings. The van der Waals surface area contributed by atoms with Crippen molar-refractivity contribution in [1.82, 2.24) is 10.4 Å². The number of nitrogens with zero attached hydrogens (tertiary/aromatic N) is 1. The molecule has 16 heavy (non-hydrogen) atoms. The number of nitrogens with one attached hydrogen (secondary N) is 1. The molecule has 1 aliphatic heterocycles. The van der Waals surface area contributed by atoms with E-state index in [1.165, 1.54) is 51.6 Å². The highest BCUT2D eigenvalue weighted by Gasteiger charge is 2.23. The normalized spacial score (nSPS) is 26.6. The summed E-state index contributed by atoms with van der Waals surface area (Å²) in [7, 11) is 0. The number of fused-ring (bicyclic) bond motifs is 1. The summed E-state index contributed by atoms with van der Waals surface area (Å²) in [5.74, 6) is 0. The molecule has 1 atom stereocenters. The molecule has 1 unspecified atom stereocenters. The number of piperidine rings is 1. The van der Waals surface area contributed by atoms with Gasteiger partial charge >= 0.3 is 0 Å². The lowest BCUT2D eigenvalue weighted by Crippen LogP contribution is -2.44. The van der Waals surface area contributed by atoms with Crippen LogP contribution in [0, 0.1) is 0 Å². The maximum Gasteiger partial charge on any atom is 0.0475 e. The van der Waals surface area contributed by atoms with Crippen molar-refractivity contribution < 1.29 is 0 Å². The summed E-state index contributed by atoms with van der Waals surface area (Å²) < 4.78 is 0. The van der Waals surface area contributed by atoms with Crippen LogP contribution in [0.2, 0.25) is 0 Å². The van der Waals surface area contributed by atoms with Gasteiger partial charge in [-0.3, -0.25) is 0 Å². The third kappa shape index (κ3) is 2.17. The summed E-state index contributed by atoms with van der Waals surface area (Å²) in [6.45, 7) is 2.46. The van der Waals surface area contributed by atoms with Gasteiger partial charge in [-0.15, -0.1) is 11.3 Å². The maximum atomic E-state index is 3.74. The van der Waals surface area contributed by atoms with Gasteiger partial charge in [-0.05, 0) is 49.1 Å². The summed E-state index contributed by atoms with van der Waals surface area (Å²) in [6.07, 6.45) is 8.07. The Balaban J connectivity index is 1.67. The first-order chi connectivity index (χ1) is 7.93. The van der Waals surface area contributed by atoms with Crippen molar-refractivity contribution in [2.45, 2.75) is 44.6 Å². The van der Waals surface area contributed by atoms with Crippen LogP contribution in [0.3, 0.4) is 0 Å². The van der Waals surface area contributed by atoms with Gasteiger partial charge in [0.15, 0.2) is 0 Å². The van der Waals surface area contributed by atoms with Crippen LogP contribution >= 0.6 is 11.3 Å². The Bertz CT molecular complexity index is 341. The number of rotatable bonds is 2. The van der Waals surface area contributed by atoms with Gasteiger partial charge < -0.3 is 0 Å². The third-order valence-electron chi connectivity index (χ3n) is 3.75. The van der Waals surface area contributed by atoms with E-state index in [-0.39, 0.29) is 0 Å². The van der Waals surface area contributed by atoms with Crippen LogP contribution in [0.4, 0.5) is 0 Å². The molecule has 0 saturated carbocycles. The van der Waals surface area contributed by atoms with Gasteiger partial charge in [0.2, 0.25) is 0 Å². The summed E-state index contributed by atoms with van der Waals surface area (Å²) in [5, 5.41) is 4.70. The van der Waals surface area contributed by atoms with Gasteiger partial charge in [0.1, 0.15) is 0 Å². The van der Waals surface area contributed by atoms with Gasteiger partial charge in [-0.25, -0.2) is 10.4 Å². The van der Waals surface area contributed by atoms with Crippen molar-refractivity contribution in [3.8, 4) is 0 Å². The van der Waals surface area contributed by atoms with Crippen LogP contribution < -0.4 is 5.43 Å². The van der Waals surface area contributed by atoms with Crippen LogP contribution in [-0.2, 0) is 6.42 Å². The average Bonchev–Trinajstić information content (AvgIpc) is 2.80. The van der Waals surface area contributed by atoms with Gasteiger partial charge in [0.05, 0.1) is 0 Å². The molecule has 0 aromatic carbocycles. The molecule has 0 radical (unpaired) electrons. The van der Waals surface area contributed by atoms with Crippen molar-refractivity contribution in [1.29, 1.82) is 0 Å². The monoisotopic (exact) mass is 236 g/mol. The Morgan fingerprint density at radius 1 is 1.19 bits per heavy atom. The summed E-state index contributed by atoms with van der Waals surface area (Å²) in [4.78, 5) is 1.61. The topological polar surface area (TPSA) is 15.3 Å². The Hall–Kier alpha value is -0.380. The van der Waals surface area contributed by atoms with Gasteiger partial charge in [0.25, 0.3) is 0 Å². The lowest BCUT2D eigenvalue weighted by molar-refractivity contribution is 0.122. The van der Waals surface area contributed by atoms with Crippen molar-refractivity contribution in [3.05, 3.63) is 21.9 Å². The van der Waals surface area contributed by atoms with E-state index in [1.54, 1.807) is 10.4 Å². The van der Waals surface area contributed by atoms with Crippen LogP contribution in [0.1, 0.15) is 48.6 Å². The second-order valence-electron chi connectivity index (χ2n) is 4.92. The first kappa shape index (κ1) is 10.8. The van der Waals surface area contributed by atoms with Crippen LogP contribution in [-0.4, -0.2) is 18.1 Å². The van der Waals surface area contributed by atoms with E-state index in [0.717, 1.165) is 0 Å². The number of hydrazine groups is 1. The fourth-order valence-electron chi connectivity index (χ4n) is 2.86. The first-order valence-electron chi connectivity index (χ1n) is 6.51. The van der Waals surface area contributed by atoms with Crippen molar-refractivity contribution in [3.63, 3.8) is 0 Å². The molecule has 88 valence electrons. The molecule has 1 fully saturated rings. The zero-order valence-electron chi connectivity index (χ0n) is 9.74. The Kier molecular flexibility index (Phi) is 3.27. The smallest absolute Gasteiger partial charge is 0.0475 e. The zero-order valence-corrected chi connectivity index (χ0v) is 10.6. The molecule has 0 amide bonds. The second kappa shape index (κ2) is 4.86. The lowest BCUT2D eigenvalue weighted by Gasteiger charge is -2.33. The standard InChI is InChI=1S/C13H20N2S/c1-2-8-15(9-3-1)14-12-5-4-6-13-11(12)7-10-16-13/h7,10,12,14H,1-6,8-9H2. The van der Waals surface area contributed by atoms with E-state index >= 15 is 0 Å². The van der Waals surface area contributed by atoms with Crippen molar-refractivity contribution >= 4 is 11.3 Å². The van der Waals surface area contributed by atoms with E-state index in [2.05, 4.69) is 21.9 Å². The van der Waals surface area contributed by atoms with E-state index in [1.807, 2.05) is 11.3 Å². The Labute approximate surface area is 102 Å². The van der Waals surface area contributed by atoms with Crippen LogP contribution in [0.15, 0.2) is 11.4 Å². The largest absolute Gasteiger partial charge is 0.248 e. The van der Waals surface area contributed by atoms with Gasteiger partial charge in [-0.2, -0.15) is 0 Å². The molecular formula is C13H20N2S. The Morgan fingerprint density at radius 3 is 2.94 bits per heavy atom. The highest BCUT2D eigenvalue weighted by molar-refractivity contribution is 7.10. The predicted octanol–water partition coefficient (Wildman–Crippen LogP) is 3.12. The van der Waals surface area contributed by atoms with Gasteiger partial charge in [0, 0.05) is 24.0 Å². The molecule has 0 spiro atoms. The maximum absolute atomic E-state index is 3.74. The molecule has 2 heterocycles. The molecule has 1 saturated heterocycles. The molecule has 1 aromatic rings. The van der Waals surface area contributed by atoms with Crippen LogP contribution in [0.5, 0.6) is 0 Å². The number of hydrogen-bond acceptors (Lipinski definition) is 3. The summed E-state index contributed by atoms with van der Waals surface area (Å²) in [5.41, 5.74) is 5.31. The molecule has 0 bridgehead atoms. The predicted molar refractivity (Wildman–Crippen MR) is 68.6 cm³/mol. The number of hydrogen-bond donors (Lipinski definition) is 1. The SMILES string of the molecule is c1cc2c(s1)CCCC2NN1CCCCC1. The molecule has 3 rings (SSSR count). The fourth-order valence-corrected chi connectivity index (χ4v) is 3.85. The van der Waals surface area contributed by atoms with Crippen molar-refractivity contribution in [2.75, 3.05) is 13.1 Å².